The van der Waals surface area contributed by atoms with Crippen molar-refractivity contribution in [3.05, 3.63) is 215 Å². The number of benzene rings is 8. The normalized spacial score (nSPS) is 12.5. The van der Waals surface area contributed by atoms with Gasteiger partial charge in [0, 0.05) is 34.6 Å². The molecule has 4 N–H and O–H groups in total. The first-order valence-corrected chi connectivity index (χ1v) is 18.6. The Morgan fingerprint density at radius 2 is 0.764 bits per heavy atom. The van der Waals surface area contributed by atoms with Crippen LogP contribution < -0.4 is 20.9 Å². The van der Waals surface area contributed by atoms with Crippen molar-refractivity contribution in [1.29, 1.82) is 0 Å². The molecular formula is C51H40N2O2. The molecule has 0 aliphatic heterocycles. The van der Waals surface area contributed by atoms with Gasteiger partial charge < -0.3 is 20.9 Å². The maximum Gasteiger partial charge on any atom is 0.135 e. The van der Waals surface area contributed by atoms with E-state index in [1.807, 2.05) is 62.4 Å². The predicted molar refractivity (Wildman–Crippen MR) is 226 cm³/mol. The van der Waals surface area contributed by atoms with E-state index in [4.69, 9.17) is 20.9 Å². The summed E-state index contributed by atoms with van der Waals surface area (Å²) in [6.45, 7) is 4.08. The van der Waals surface area contributed by atoms with Gasteiger partial charge in [-0.05, 0) is 106 Å². The molecule has 0 radical (unpaired) electrons. The highest BCUT2D eigenvalue weighted by atomic mass is 16.5. The number of aryl methyl sites for hydroxylation is 2. The lowest BCUT2D eigenvalue weighted by atomic mass is 9.67. The van der Waals surface area contributed by atoms with Gasteiger partial charge in [0.2, 0.25) is 0 Å². The van der Waals surface area contributed by atoms with E-state index < -0.39 is 5.41 Å². The lowest BCUT2D eigenvalue weighted by Gasteiger charge is -2.35. The number of hydrogen-bond donors (Lipinski definition) is 2. The molecular weight excluding hydrogens is 673 g/mol. The summed E-state index contributed by atoms with van der Waals surface area (Å²) in [4.78, 5) is 0. The van der Waals surface area contributed by atoms with E-state index in [0.717, 1.165) is 67.5 Å². The molecule has 9 rings (SSSR count). The summed E-state index contributed by atoms with van der Waals surface area (Å²) in [5.41, 5.74) is 26.3. The van der Waals surface area contributed by atoms with Crippen molar-refractivity contribution in [2.24, 2.45) is 0 Å². The third-order valence-corrected chi connectivity index (χ3v) is 10.8. The zero-order valence-electron chi connectivity index (χ0n) is 30.8. The molecule has 0 heterocycles. The van der Waals surface area contributed by atoms with Crippen LogP contribution in [0.15, 0.2) is 182 Å². The van der Waals surface area contributed by atoms with E-state index in [2.05, 4.69) is 133 Å². The van der Waals surface area contributed by atoms with Crippen LogP contribution >= 0.6 is 0 Å². The Morgan fingerprint density at radius 1 is 0.364 bits per heavy atom. The number of hydrogen-bond acceptors (Lipinski definition) is 4. The molecule has 0 fully saturated rings. The molecule has 0 unspecified atom stereocenters. The lowest BCUT2D eigenvalue weighted by molar-refractivity contribution is 0.480. The third-order valence-electron chi connectivity index (χ3n) is 10.8. The van der Waals surface area contributed by atoms with Gasteiger partial charge >= 0.3 is 0 Å². The molecule has 55 heavy (non-hydrogen) atoms. The van der Waals surface area contributed by atoms with E-state index in [0.29, 0.717) is 11.4 Å². The predicted octanol–water partition coefficient (Wildman–Crippen LogP) is 12.7. The van der Waals surface area contributed by atoms with E-state index in [9.17, 15) is 0 Å². The average Bonchev–Trinajstić information content (AvgIpc) is 3.52. The summed E-state index contributed by atoms with van der Waals surface area (Å²) < 4.78 is 13.5. The molecule has 266 valence electrons. The fourth-order valence-corrected chi connectivity index (χ4v) is 8.11. The molecule has 8 aromatic rings. The molecule has 4 heteroatoms. The van der Waals surface area contributed by atoms with Crippen LogP contribution in [0.2, 0.25) is 0 Å². The Bertz CT molecular complexity index is 2510. The van der Waals surface area contributed by atoms with Gasteiger partial charge in [-0.1, -0.05) is 133 Å². The SMILES string of the molecule is Cc1ccc(N)cc1Oc1ccc(C2(c3ccc(Oc4cc(N)ccc4C)c(-c4ccccc4)c3)c3ccccc3-c3ccccc32)cc1-c1ccccc1. The van der Waals surface area contributed by atoms with Crippen LogP contribution in [0.4, 0.5) is 11.4 Å². The molecule has 0 saturated carbocycles. The fraction of sp³-hybridized carbons (Fsp3) is 0.0588. The molecule has 8 aromatic carbocycles. The summed E-state index contributed by atoms with van der Waals surface area (Å²) in [5.74, 6) is 2.97. The molecule has 1 aliphatic carbocycles. The minimum Gasteiger partial charge on any atom is -0.456 e. The van der Waals surface area contributed by atoms with Gasteiger partial charge in [-0.25, -0.2) is 0 Å². The maximum atomic E-state index is 6.73. The molecule has 0 saturated heterocycles. The van der Waals surface area contributed by atoms with Gasteiger partial charge in [-0.3, -0.25) is 0 Å². The number of nitrogen functional groups attached to an aromatic ring is 2. The van der Waals surface area contributed by atoms with Crippen LogP contribution in [-0.4, -0.2) is 0 Å². The Balaban J connectivity index is 1.32. The molecule has 0 amide bonds. The Labute approximate surface area is 322 Å². The van der Waals surface area contributed by atoms with E-state index in [1.165, 1.54) is 22.3 Å². The minimum atomic E-state index is -0.683. The average molecular weight is 713 g/mol. The standard InChI is InChI=1S/C51H40N2O2/c1-33-21-25-39(52)31-49(33)54-47-27-23-37(29-43(47)35-13-5-3-6-14-35)51(45-19-11-9-17-41(45)42-18-10-12-20-46(42)51)38-24-28-48(44(30-38)36-15-7-4-8-16-36)55-50-32-40(53)26-22-34(50)2/h3-32H,52-53H2,1-2H3. The van der Waals surface area contributed by atoms with Gasteiger partial charge in [-0.15, -0.1) is 0 Å². The second-order valence-electron chi connectivity index (χ2n) is 14.2. The smallest absolute Gasteiger partial charge is 0.135 e. The van der Waals surface area contributed by atoms with Crippen molar-refractivity contribution in [1.82, 2.24) is 0 Å². The first-order valence-electron chi connectivity index (χ1n) is 18.6. The molecule has 0 spiro atoms. The van der Waals surface area contributed by atoms with Crippen molar-refractivity contribution in [3.63, 3.8) is 0 Å². The monoisotopic (exact) mass is 712 g/mol. The van der Waals surface area contributed by atoms with Crippen LogP contribution in [0.3, 0.4) is 0 Å². The lowest BCUT2D eigenvalue weighted by Crippen LogP contribution is -2.28. The highest BCUT2D eigenvalue weighted by molar-refractivity contribution is 5.88. The Hall–Kier alpha value is -7.04. The molecule has 0 atom stereocenters. The third kappa shape index (κ3) is 5.89. The van der Waals surface area contributed by atoms with Gasteiger partial charge in [0.25, 0.3) is 0 Å². The van der Waals surface area contributed by atoms with Crippen molar-refractivity contribution >= 4 is 11.4 Å². The number of nitrogens with two attached hydrogens (primary N) is 2. The summed E-state index contributed by atoms with van der Waals surface area (Å²) in [6.07, 6.45) is 0. The zero-order chi connectivity index (χ0) is 37.5. The van der Waals surface area contributed by atoms with Crippen molar-refractivity contribution < 1.29 is 9.47 Å². The molecule has 0 bridgehead atoms. The molecule has 0 aromatic heterocycles. The highest BCUT2D eigenvalue weighted by Gasteiger charge is 2.46. The largest absolute Gasteiger partial charge is 0.456 e. The number of fused-ring (bicyclic) bond motifs is 3. The summed E-state index contributed by atoms with van der Waals surface area (Å²) in [5, 5.41) is 0. The van der Waals surface area contributed by atoms with Crippen LogP contribution in [0.25, 0.3) is 33.4 Å². The first kappa shape index (κ1) is 33.8. The van der Waals surface area contributed by atoms with Crippen LogP contribution in [0.1, 0.15) is 33.4 Å². The van der Waals surface area contributed by atoms with E-state index in [-0.39, 0.29) is 0 Å². The Kier molecular flexibility index (Phi) is 8.44. The maximum absolute atomic E-state index is 6.73. The van der Waals surface area contributed by atoms with Gasteiger partial charge in [0.05, 0.1) is 5.41 Å². The van der Waals surface area contributed by atoms with Gasteiger partial charge in [0.1, 0.15) is 23.0 Å². The molecule has 1 aliphatic rings. The topological polar surface area (TPSA) is 70.5 Å². The van der Waals surface area contributed by atoms with Gasteiger partial charge in [0.15, 0.2) is 0 Å². The number of anilines is 2. The quantitative estimate of drug-likeness (QED) is 0.154. The Morgan fingerprint density at radius 3 is 1.20 bits per heavy atom. The highest BCUT2D eigenvalue weighted by Crippen LogP contribution is 2.58. The second-order valence-corrected chi connectivity index (χ2v) is 14.2. The zero-order valence-corrected chi connectivity index (χ0v) is 30.8. The fourth-order valence-electron chi connectivity index (χ4n) is 8.11. The van der Waals surface area contributed by atoms with Crippen molar-refractivity contribution in [3.8, 4) is 56.4 Å². The van der Waals surface area contributed by atoms with Crippen molar-refractivity contribution in [2.75, 3.05) is 11.5 Å². The van der Waals surface area contributed by atoms with Crippen LogP contribution in [0.5, 0.6) is 23.0 Å². The van der Waals surface area contributed by atoms with E-state index in [1.54, 1.807) is 0 Å². The minimum absolute atomic E-state index is 0.657. The number of ether oxygens (including phenoxy) is 2. The first-order chi connectivity index (χ1) is 26.9. The summed E-state index contributed by atoms with van der Waals surface area (Å²) in [7, 11) is 0. The number of rotatable bonds is 8. The van der Waals surface area contributed by atoms with E-state index >= 15 is 0 Å². The van der Waals surface area contributed by atoms with Crippen LogP contribution in [0, 0.1) is 13.8 Å². The van der Waals surface area contributed by atoms with Crippen molar-refractivity contribution in [2.45, 2.75) is 19.3 Å². The summed E-state index contributed by atoms with van der Waals surface area (Å²) >= 11 is 0. The van der Waals surface area contributed by atoms with Crippen LogP contribution in [-0.2, 0) is 5.41 Å². The second kappa shape index (κ2) is 13.7. The molecule has 4 nitrogen and oxygen atoms in total. The van der Waals surface area contributed by atoms with Gasteiger partial charge in [-0.2, -0.15) is 0 Å². The summed E-state index contributed by atoms with van der Waals surface area (Å²) in [6, 6.07) is 63.4.